The highest BCUT2D eigenvalue weighted by molar-refractivity contribution is 6.27. The minimum absolute atomic E-state index is 0.164. The van der Waals surface area contributed by atoms with Gasteiger partial charge in [0.05, 0.1) is 5.69 Å². The quantitative estimate of drug-likeness (QED) is 0.757. The molecule has 28 heavy (non-hydrogen) atoms. The summed E-state index contributed by atoms with van der Waals surface area (Å²) in [6.07, 6.45) is 3.77. The molecule has 2 aromatic rings. The number of benzene rings is 2. The molecule has 146 valence electrons. The van der Waals surface area contributed by atoms with Gasteiger partial charge in [0.25, 0.3) is 5.91 Å². The number of hydrogen-bond donors (Lipinski definition) is 2. The molecule has 0 aliphatic carbocycles. The lowest BCUT2D eigenvalue weighted by Gasteiger charge is -2.28. The van der Waals surface area contributed by atoms with Crippen molar-refractivity contribution < 1.29 is 14.4 Å². The summed E-state index contributed by atoms with van der Waals surface area (Å²) in [5.74, 6) is -0.129. The molecule has 4 rings (SSSR count). The summed E-state index contributed by atoms with van der Waals surface area (Å²) in [5, 5.41) is 7.66. The number of rotatable bonds is 6. The number of piperidine rings is 1. The number of anilines is 1. The van der Waals surface area contributed by atoms with Crippen molar-refractivity contribution in [3.8, 4) is 0 Å². The summed E-state index contributed by atoms with van der Waals surface area (Å²) in [6.45, 7) is 3.97. The minimum Gasteiger partial charge on any atom is -0.317 e. The van der Waals surface area contributed by atoms with Crippen molar-refractivity contribution in [3.63, 3.8) is 0 Å². The smallest absolute Gasteiger partial charge is 0.259 e. The Balaban J connectivity index is 1.82. The predicted molar refractivity (Wildman–Crippen MR) is 109 cm³/mol. The van der Waals surface area contributed by atoms with Gasteiger partial charge in [-0.3, -0.25) is 24.6 Å². The molecule has 1 unspecified atom stereocenters. The van der Waals surface area contributed by atoms with E-state index >= 15 is 0 Å². The van der Waals surface area contributed by atoms with Crippen LogP contribution in [0.1, 0.15) is 54.4 Å². The molecule has 2 aliphatic rings. The number of carbonyl (C=O) groups excluding carboxylic acids is 3. The fourth-order valence-corrected chi connectivity index (χ4v) is 4.63. The van der Waals surface area contributed by atoms with Crippen LogP contribution in [0.4, 0.5) is 5.69 Å². The van der Waals surface area contributed by atoms with E-state index in [2.05, 4.69) is 22.8 Å². The predicted octanol–water partition coefficient (Wildman–Crippen LogP) is 2.71. The summed E-state index contributed by atoms with van der Waals surface area (Å²) in [6, 6.07) is 9.24. The van der Waals surface area contributed by atoms with Crippen LogP contribution in [0.5, 0.6) is 0 Å². The zero-order valence-corrected chi connectivity index (χ0v) is 16.0. The van der Waals surface area contributed by atoms with Crippen molar-refractivity contribution in [1.29, 1.82) is 0 Å². The van der Waals surface area contributed by atoms with Gasteiger partial charge in [-0.05, 0) is 61.4 Å². The van der Waals surface area contributed by atoms with Crippen molar-refractivity contribution in [2.75, 3.05) is 18.0 Å². The lowest BCUT2D eigenvalue weighted by atomic mass is 9.86. The van der Waals surface area contributed by atoms with Gasteiger partial charge in [0, 0.05) is 10.9 Å². The summed E-state index contributed by atoms with van der Waals surface area (Å²) in [5.41, 5.74) is 2.69. The largest absolute Gasteiger partial charge is 0.317 e. The normalized spacial score (nSPS) is 17.8. The third-order valence-corrected chi connectivity index (χ3v) is 5.92. The number of nitrogens with zero attached hydrogens (tertiary/aromatic N) is 1. The summed E-state index contributed by atoms with van der Waals surface area (Å²) in [4.78, 5) is 38.1. The van der Waals surface area contributed by atoms with E-state index < -0.39 is 11.9 Å². The van der Waals surface area contributed by atoms with Gasteiger partial charge in [-0.1, -0.05) is 31.5 Å². The van der Waals surface area contributed by atoms with E-state index in [1.54, 1.807) is 4.90 Å². The number of amides is 3. The second kappa shape index (κ2) is 7.72. The highest BCUT2D eigenvalue weighted by atomic mass is 16.2. The molecule has 6 heteroatoms. The zero-order valence-electron chi connectivity index (χ0n) is 16.0. The Kier molecular flexibility index (Phi) is 5.13. The van der Waals surface area contributed by atoms with Crippen LogP contribution in [0.15, 0.2) is 30.3 Å². The molecule has 1 saturated heterocycles. The van der Waals surface area contributed by atoms with E-state index in [0.717, 1.165) is 48.8 Å². The Bertz CT molecular complexity index is 934. The molecule has 2 N–H and O–H groups in total. The molecule has 3 amide bonds. The van der Waals surface area contributed by atoms with E-state index in [4.69, 9.17) is 0 Å². The Morgan fingerprint density at radius 1 is 1.29 bits per heavy atom. The fraction of sp³-hybridized carbons (Fsp3) is 0.409. The van der Waals surface area contributed by atoms with Gasteiger partial charge in [0.2, 0.25) is 12.3 Å². The van der Waals surface area contributed by atoms with Crippen LogP contribution in [-0.4, -0.2) is 37.4 Å². The summed E-state index contributed by atoms with van der Waals surface area (Å²) < 4.78 is 0. The molecular formula is C22H25N3O3. The van der Waals surface area contributed by atoms with E-state index in [1.807, 2.05) is 25.1 Å². The summed E-state index contributed by atoms with van der Waals surface area (Å²) >= 11 is 0. The van der Waals surface area contributed by atoms with Crippen molar-refractivity contribution in [2.45, 2.75) is 44.6 Å². The Morgan fingerprint density at radius 2 is 2.07 bits per heavy atom. The lowest BCUT2D eigenvalue weighted by molar-refractivity contribution is -0.126. The molecule has 0 radical (unpaired) electrons. The van der Waals surface area contributed by atoms with Crippen LogP contribution in [0.2, 0.25) is 0 Å². The first-order valence-electron chi connectivity index (χ1n) is 10.0. The van der Waals surface area contributed by atoms with E-state index in [9.17, 15) is 14.4 Å². The fourth-order valence-electron chi connectivity index (χ4n) is 4.63. The Morgan fingerprint density at radius 3 is 2.79 bits per heavy atom. The van der Waals surface area contributed by atoms with Gasteiger partial charge in [-0.2, -0.15) is 0 Å². The Labute approximate surface area is 164 Å². The average molecular weight is 379 g/mol. The highest BCUT2D eigenvalue weighted by Crippen LogP contribution is 2.43. The van der Waals surface area contributed by atoms with E-state index in [-0.39, 0.29) is 5.91 Å². The molecule has 2 aromatic carbocycles. The molecule has 6 nitrogen and oxygen atoms in total. The van der Waals surface area contributed by atoms with Crippen LogP contribution < -0.4 is 15.5 Å². The van der Waals surface area contributed by atoms with Gasteiger partial charge < -0.3 is 5.32 Å². The standard InChI is InChI=1S/C22H25N3O3/c1-2-4-19(21(27)24-13-26)25-18-8-7-15(14-9-11-23-12-10-14)16-5-3-6-17(20(16)18)22(25)28/h3,5-8,13-14,19,23H,2,4,9-12H2,1H3,(H,24,26,27). The molecule has 0 bridgehead atoms. The molecule has 0 aromatic heterocycles. The molecule has 0 saturated carbocycles. The Hall–Kier alpha value is -2.73. The maximum absolute atomic E-state index is 13.2. The number of carbonyl (C=O) groups is 3. The maximum atomic E-state index is 13.2. The molecular weight excluding hydrogens is 354 g/mol. The van der Waals surface area contributed by atoms with Crippen molar-refractivity contribution >= 4 is 34.7 Å². The van der Waals surface area contributed by atoms with Crippen molar-refractivity contribution in [2.24, 2.45) is 0 Å². The third kappa shape index (κ3) is 2.98. The number of imide groups is 1. The average Bonchev–Trinajstić information content (AvgIpc) is 3.01. The van der Waals surface area contributed by atoms with Gasteiger partial charge in [0.15, 0.2) is 0 Å². The van der Waals surface area contributed by atoms with E-state index in [1.165, 1.54) is 5.56 Å². The zero-order chi connectivity index (χ0) is 19.7. The first-order chi connectivity index (χ1) is 13.7. The van der Waals surface area contributed by atoms with Gasteiger partial charge >= 0.3 is 0 Å². The molecule has 1 atom stereocenters. The number of hydrogen-bond acceptors (Lipinski definition) is 4. The van der Waals surface area contributed by atoms with E-state index in [0.29, 0.717) is 24.3 Å². The monoisotopic (exact) mass is 379 g/mol. The maximum Gasteiger partial charge on any atom is 0.259 e. The van der Waals surface area contributed by atoms with Crippen molar-refractivity contribution in [1.82, 2.24) is 10.6 Å². The van der Waals surface area contributed by atoms with Gasteiger partial charge in [0.1, 0.15) is 6.04 Å². The van der Waals surface area contributed by atoms with Crippen LogP contribution in [0.25, 0.3) is 10.8 Å². The molecule has 1 fully saturated rings. The lowest BCUT2D eigenvalue weighted by Crippen LogP contribution is -2.48. The molecule has 0 spiro atoms. The topological polar surface area (TPSA) is 78.5 Å². The molecule has 2 heterocycles. The third-order valence-electron chi connectivity index (χ3n) is 5.92. The highest BCUT2D eigenvalue weighted by Gasteiger charge is 2.38. The molecule has 2 aliphatic heterocycles. The van der Waals surface area contributed by atoms with Crippen LogP contribution in [0, 0.1) is 0 Å². The SMILES string of the molecule is CCCC(C(=O)NC=O)N1C(=O)c2cccc3c(C4CCNCC4)ccc1c23. The second-order valence-corrected chi connectivity index (χ2v) is 7.53. The minimum atomic E-state index is -0.692. The number of nitrogens with one attached hydrogen (secondary N) is 2. The van der Waals surface area contributed by atoms with Crippen LogP contribution in [0.3, 0.4) is 0 Å². The summed E-state index contributed by atoms with van der Waals surface area (Å²) in [7, 11) is 0. The van der Waals surface area contributed by atoms with Gasteiger partial charge in [-0.15, -0.1) is 0 Å². The van der Waals surface area contributed by atoms with Crippen molar-refractivity contribution in [3.05, 3.63) is 41.5 Å². The van der Waals surface area contributed by atoms with Crippen LogP contribution >= 0.6 is 0 Å². The van der Waals surface area contributed by atoms with Crippen LogP contribution in [-0.2, 0) is 9.59 Å². The first-order valence-corrected chi connectivity index (χ1v) is 10.0. The second-order valence-electron chi connectivity index (χ2n) is 7.53. The van der Waals surface area contributed by atoms with Gasteiger partial charge in [-0.25, -0.2) is 0 Å². The first kappa shape index (κ1) is 18.6.